The van der Waals surface area contributed by atoms with E-state index in [0.29, 0.717) is 18.9 Å². The predicted octanol–water partition coefficient (Wildman–Crippen LogP) is 2.53. The van der Waals surface area contributed by atoms with Crippen LogP contribution in [0.2, 0.25) is 0 Å². The van der Waals surface area contributed by atoms with Gasteiger partial charge in [0.15, 0.2) is 0 Å². The van der Waals surface area contributed by atoms with Crippen LogP contribution in [0.4, 0.5) is 0 Å². The second-order valence-corrected chi connectivity index (χ2v) is 8.63. The molecule has 1 aliphatic rings. The Balaban J connectivity index is 1.46. The second kappa shape index (κ2) is 8.36. The van der Waals surface area contributed by atoms with Gasteiger partial charge in [0.25, 0.3) is 0 Å². The highest BCUT2D eigenvalue weighted by molar-refractivity contribution is 7.89. The maximum atomic E-state index is 12.6. The number of hydrogen-bond acceptors (Lipinski definition) is 5. The molecule has 152 valence electrons. The summed E-state index contributed by atoms with van der Waals surface area (Å²) in [5, 5.41) is 4.66. The Morgan fingerprint density at radius 1 is 1.17 bits per heavy atom. The van der Waals surface area contributed by atoms with Crippen molar-refractivity contribution in [2.45, 2.75) is 24.0 Å². The van der Waals surface area contributed by atoms with Gasteiger partial charge >= 0.3 is 0 Å². The number of rotatable bonds is 7. The third-order valence-electron chi connectivity index (χ3n) is 4.88. The van der Waals surface area contributed by atoms with Crippen molar-refractivity contribution in [2.75, 3.05) is 20.3 Å². The smallest absolute Gasteiger partial charge is 0.240 e. The molecule has 2 aromatic carbocycles. The fourth-order valence-electron chi connectivity index (χ4n) is 3.36. The van der Waals surface area contributed by atoms with Gasteiger partial charge in [0.05, 0.1) is 30.9 Å². The molecule has 0 unspecified atom stereocenters. The zero-order chi connectivity index (χ0) is 20.3. The average molecular weight is 413 g/mol. The predicted molar refractivity (Wildman–Crippen MR) is 108 cm³/mol. The van der Waals surface area contributed by atoms with Crippen LogP contribution in [0, 0.1) is 0 Å². The lowest BCUT2D eigenvalue weighted by molar-refractivity contribution is 0.0430. The Morgan fingerprint density at radius 2 is 1.93 bits per heavy atom. The molecule has 3 aromatic rings. The van der Waals surface area contributed by atoms with Crippen LogP contribution >= 0.6 is 0 Å². The third-order valence-corrected chi connectivity index (χ3v) is 6.32. The number of nitrogens with one attached hydrogen (secondary N) is 1. The largest absolute Gasteiger partial charge is 0.497 e. The molecule has 0 radical (unpaired) electrons. The number of aromatic nitrogens is 2. The van der Waals surface area contributed by atoms with Gasteiger partial charge in [0, 0.05) is 12.7 Å². The van der Waals surface area contributed by atoms with Gasteiger partial charge in [0.1, 0.15) is 11.9 Å². The average Bonchev–Trinajstić information content (AvgIpc) is 3.16. The van der Waals surface area contributed by atoms with Crippen LogP contribution in [0.15, 0.2) is 65.7 Å². The van der Waals surface area contributed by atoms with E-state index in [9.17, 15) is 8.42 Å². The first-order valence-corrected chi connectivity index (χ1v) is 10.9. The molecule has 4 rings (SSSR count). The third kappa shape index (κ3) is 4.50. The monoisotopic (exact) mass is 413 g/mol. The molecule has 0 spiro atoms. The summed E-state index contributed by atoms with van der Waals surface area (Å²) in [7, 11) is -2.11. The molecule has 0 saturated heterocycles. The molecule has 0 saturated carbocycles. The highest BCUT2D eigenvalue weighted by Crippen LogP contribution is 2.26. The van der Waals surface area contributed by atoms with Gasteiger partial charge in [-0.1, -0.05) is 30.3 Å². The minimum atomic E-state index is -3.65. The fraction of sp³-hybridized carbons (Fsp3) is 0.286. The molecule has 7 nitrogen and oxygen atoms in total. The maximum absolute atomic E-state index is 12.6. The molecule has 1 atom stereocenters. The normalized spacial score (nSPS) is 16.4. The van der Waals surface area contributed by atoms with Crippen LogP contribution < -0.4 is 9.46 Å². The van der Waals surface area contributed by atoms with Crippen LogP contribution in [0.3, 0.4) is 0 Å². The number of methoxy groups -OCH3 is 1. The number of fused-ring (bicyclic) bond motifs is 1. The van der Waals surface area contributed by atoms with Crippen LogP contribution in [-0.2, 0) is 27.7 Å². The lowest BCUT2D eigenvalue weighted by Crippen LogP contribution is -2.32. The summed E-state index contributed by atoms with van der Waals surface area (Å²) < 4.78 is 40.6. The van der Waals surface area contributed by atoms with Crippen molar-refractivity contribution in [3.05, 3.63) is 77.6 Å². The first-order chi connectivity index (χ1) is 14.0. The lowest BCUT2D eigenvalue weighted by Gasteiger charge is -2.22. The minimum absolute atomic E-state index is 0.129. The molecule has 0 amide bonds. The standard InChI is InChI=1S/C21H23N3O4S/c1-27-18-7-9-19(10-8-18)29(25,26)22-13-20-21-17(11-12-28-20)15-24(23-21)14-16-5-3-2-4-6-16/h2-10,15,20,22H,11-14H2,1H3/t20-/m0/s1. The minimum Gasteiger partial charge on any atom is -0.497 e. The SMILES string of the molecule is COc1ccc(S(=O)(=O)NC[C@@H]2OCCc3cn(Cc4ccccc4)nc32)cc1. The topological polar surface area (TPSA) is 82.5 Å². The van der Waals surface area contributed by atoms with Gasteiger partial charge in [-0.3, -0.25) is 4.68 Å². The lowest BCUT2D eigenvalue weighted by atomic mass is 10.1. The Kier molecular flexibility index (Phi) is 5.66. The summed E-state index contributed by atoms with van der Waals surface area (Å²) in [6.45, 7) is 1.33. The first-order valence-electron chi connectivity index (χ1n) is 9.40. The number of sulfonamides is 1. The summed E-state index contributed by atoms with van der Waals surface area (Å²) in [5.74, 6) is 0.605. The van der Waals surface area contributed by atoms with E-state index in [1.807, 2.05) is 29.1 Å². The van der Waals surface area contributed by atoms with E-state index >= 15 is 0 Å². The van der Waals surface area contributed by atoms with Gasteiger partial charge < -0.3 is 9.47 Å². The van der Waals surface area contributed by atoms with E-state index in [1.54, 1.807) is 12.1 Å². The van der Waals surface area contributed by atoms with Gasteiger partial charge in [-0.15, -0.1) is 0 Å². The Labute approximate surface area is 170 Å². The first kappa shape index (κ1) is 19.6. The van der Waals surface area contributed by atoms with Crippen molar-refractivity contribution in [1.29, 1.82) is 0 Å². The zero-order valence-electron chi connectivity index (χ0n) is 16.1. The Bertz CT molecular complexity index is 1060. The highest BCUT2D eigenvalue weighted by atomic mass is 32.2. The van der Waals surface area contributed by atoms with Crippen molar-refractivity contribution < 1.29 is 17.9 Å². The molecule has 1 aliphatic heterocycles. The number of ether oxygens (including phenoxy) is 2. The molecule has 29 heavy (non-hydrogen) atoms. The van der Waals surface area contributed by atoms with E-state index in [2.05, 4.69) is 22.0 Å². The molecular weight excluding hydrogens is 390 g/mol. The van der Waals surface area contributed by atoms with Crippen molar-refractivity contribution >= 4 is 10.0 Å². The summed E-state index contributed by atoms with van der Waals surface area (Å²) in [4.78, 5) is 0.184. The number of nitrogens with zero attached hydrogens (tertiary/aromatic N) is 2. The van der Waals surface area contributed by atoms with Gasteiger partial charge in [0.2, 0.25) is 10.0 Å². The van der Waals surface area contributed by atoms with Gasteiger partial charge in [-0.25, -0.2) is 13.1 Å². The molecule has 1 N–H and O–H groups in total. The Morgan fingerprint density at radius 3 is 2.66 bits per heavy atom. The van der Waals surface area contributed by atoms with Crippen molar-refractivity contribution in [3.63, 3.8) is 0 Å². The summed E-state index contributed by atoms with van der Waals surface area (Å²) >= 11 is 0. The quantitative estimate of drug-likeness (QED) is 0.644. The van der Waals surface area contributed by atoms with Crippen molar-refractivity contribution in [2.24, 2.45) is 0 Å². The molecule has 0 aliphatic carbocycles. The van der Waals surface area contributed by atoms with E-state index in [-0.39, 0.29) is 11.4 Å². The van der Waals surface area contributed by atoms with Crippen LogP contribution in [0.25, 0.3) is 0 Å². The van der Waals surface area contributed by atoms with Crippen LogP contribution in [-0.4, -0.2) is 38.5 Å². The van der Waals surface area contributed by atoms with Crippen molar-refractivity contribution in [1.82, 2.24) is 14.5 Å². The van der Waals surface area contributed by atoms with Gasteiger partial charge in [-0.2, -0.15) is 5.10 Å². The molecular formula is C21H23N3O4S. The molecule has 8 heteroatoms. The maximum Gasteiger partial charge on any atom is 0.240 e. The Hall–Kier alpha value is -2.68. The number of hydrogen-bond donors (Lipinski definition) is 1. The van der Waals surface area contributed by atoms with Crippen molar-refractivity contribution in [3.8, 4) is 5.75 Å². The molecule has 1 aromatic heterocycles. The van der Waals surface area contributed by atoms with Crippen LogP contribution in [0.1, 0.15) is 22.9 Å². The fourth-order valence-corrected chi connectivity index (χ4v) is 4.39. The van der Waals surface area contributed by atoms with E-state index < -0.39 is 16.1 Å². The molecule has 0 fully saturated rings. The zero-order valence-corrected chi connectivity index (χ0v) is 16.9. The van der Waals surface area contributed by atoms with Gasteiger partial charge in [-0.05, 0) is 41.8 Å². The summed E-state index contributed by atoms with van der Waals surface area (Å²) in [5.41, 5.74) is 3.05. The molecule has 2 heterocycles. The highest BCUT2D eigenvalue weighted by Gasteiger charge is 2.26. The van der Waals surface area contributed by atoms with E-state index in [4.69, 9.17) is 9.47 Å². The van der Waals surface area contributed by atoms with Crippen LogP contribution in [0.5, 0.6) is 5.75 Å². The molecule has 0 bridgehead atoms. The summed E-state index contributed by atoms with van der Waals surface area (Å²) in [6.07, 6.45) is 2.38. The van der Waals surface area contributed by atoms with E-state index in [0.717, 1.165) is 23.2 Å². The van der Waals surface area contributed by atoms with E-state index in [1.165, 1.54) is 19.2 Å². The second-order valence-electron chi connectivity index (χ2n) is 6.86. The number of benzene rings is 2. The summed E-state index contributed by atoms with van der Waals surface area (Å²) in [6, 6.07) is 16.4.